The first-order chi connectivity index (χ1) is 10.2. The summed E-state index contributed by atoms with van der Waals surface area (Å²) in [6.07, 6.45) is 8.69. The molecule has 2 atom stereocenters. The number of carbonyl (C=O) groups is 1. The van der Waals surface area contributed by atoms with Crippen LogP contribution in [0.25, 0.3) is 0 Å². The van der Waals surface area contributed by atoms with Crippen LogP contribution in [0.1, 0.15) is 42.8 Å². The first-order valence-corrected chi connectivity index (χ1v) is 9.82. The van der Waals surface area contributed by atoms with Gasteiger partial charge in [0.15, 0.2) is 0 Å². The van der Waals surface area contributed by atoms with E-state index in [0.717, 1.165) is 49.6 Å². The van der Waals surface area contributed by atoms with Crippen LogP contribution in [0.4, 0.5) is 4.79 Å². The van der Waals surface area contributed by atoms with Crippen molar-refractivity contribution in [2.75, 3.05) is 12.8 Å². The lowest BCUT2D eigenvalue weighted by atomic mass is 10.2. The molecule has 0 aromatic carbocycles. The molecule has 21 heavy (non-hydrogen) atoms. The Kier molecular flexibility index (Phi) is 6.83. The summed E-state index contributed by atoms with van der Waals surface area (Å²) < 4.78 is 0. The largest absolute Gasteiger partial charge is 0.338 e. The van der Waals surface area contributed by atoms with Crippen molar-refractivity contribution in [1.29, 1.82) is 0 Å². The van der Waals surface area contributed by atoms with Crippen LogP contribution in [0, 0.1) is 6.92 Å². The summed E-state index contributed by atoms with van der Waals surface area (Å²) in [4.78, 5) is 16.2. The van der Waals surface area contributed by atoms with Gasteiger partial charge in [0.25, 0.3) is 0 Å². The average molecular weight is 328 g/mol. The smallest absolute Gasteiger partial charge is 0.315 e. The summed E-state index contributed by atoms with van der Waals surface area (Å²) in [5, 5.41) is 10.0. The third-order valence-corrected chi connectivity index (χ3v) is 5.94. The molecule has 0 spiro atoms. The highest BCUT2D eigenvalue weighted by Crippen LogP contribution is 2.27. The molecule has 4 nitrogen and oxygen atoms in total. The SMILES string of the molecule is CS[C@@H]1CC[C@H](NC(=O)NCCCCc2nc(C)cs2)C1. The topological polar surface area (TPSA) is 54.0 Å². The Morgan fingerprint density at radius 3 is 3.00 bits per heavy atom. The number of aryl methyl sites for hydroxylation is 2. The lowest BCUT2D eigenvalue weighted by Gasteiger charge is -2.13. The van der Waals surface area contributed by atoms with Gasteiger partial charge in [0.2, 0.25) is 0 Å². The molecule has 0 radical (unpaired) electrons. The predicted octanol–water partition coefficient (Wildman–Crippen LogP) is 3.36. The minimum atomic E-state index is -0.00755. The Morgan fingerprint density at radius 1 is 1.48 bits per heavy atom. The molecule has 0 saturated heterocycles. The zero-order valence-electron chi connectivity index (χ0n) is 12.9. The highest BCUT2D eigenvalue weighted by atomic mass is 32.2. The molecule has 1 saturated carbocycles. The zero-order valence-corrected chi connectivity index (χ0v) is 14.5. The van der Waals surface area contributed by atoms with E-state index in [0.29, 0.717) is 6.04 Å². The first-order valence-electron chi connectivity index (χ1n) is 7.65. The van der Waals surface area contributed by atoms with E-state index >= 15 is 0 Å². The van der Waals surface area contributed by atoms with Crippen LogP contribution in [-0.2, 0) is 6.42 Å². The van der Waals surface area contributed by atoms with Crippen molar-refractivity contribution in [2.24, 2.45) is 0 Å². The Bertz CT molecular complexity index is 450. The third kappa shape index (κ3) is 5.87. The number of hydrogen-bond donors (Lipinski definition) is 2. The molecule has 1 aromatic rings. The Labute approximate surface area is 135 Å². The average Bonchev–Trinajstić information content (AvgIpc) is 3.07. The molecule has 1 aliphatic rings. The van der Waals surface area contributed by atoms with Gasteiger partial charge in [0, 0.05) is 28.9 Å². The second-order valence-electron chi connectivity index (χ2n) is 5.61. The van der Waals surface area contributed by atoms with Crippen molar-refractivity contribution in [2.45, 2.75) is 56.7 Å². The fourth-order valence-corrected chi connectivity index (χ4v) is 4.26. The van der Waals surface area contributed by atoms with E-state index in [1.807, 2.05) is 18.7 Å². The molecule has 2 amide bonds. The number of carbonyl (C=O) groups excluding carboxylic acids is 1. The molecular formula is C15H25N3OS2. The molecule has 118 valence electrons. The summed E-state index contributed by atoms with van der Waals surface area (Å²) in [5.41, 5.74) is 1.10. The van der Waals surface area contributed by atoms with Crippen LogP contribution in [0.3, 0.4) is 0 Å². The maximum absolute atomic E-state index is 11.8. The molecule has 0 bridgehead atoms. The zero-order chi connectivity index (χ0) is 15.1. The number of nitrogens with one attached hydrogen (secondary N) is 2. The lowest BCUT2D eigenvalue weighted by molar-refractivity contribution is 0.237. The van der Waals surface area contributed by atoms with Crippen LogP contribution in [0.2, 0.25) is 0 Å². The van der Waals surface area contributed by atoms with Gasteiger partial charge in [0.05, 0.1) is 5.01 Å². The van der Waals surface area contributed by atoms with Gasteiger partial charge in [-0.15, -0.1) is 11.3 Å². The van der Waals surface area contributed by atoms with E-state index < -0.39 is 0 Å². The van der Waals surface area contributed by atoms with E-state index in [-0.39, 0.29) is 6.03 Å². The molecule has 1 aromatic heterocycles. The van der Waals surface area contributed by atoms with Gasteiger partial charge in [-0.3, -0.25) is 0 Å². The molecular weight excluding hydrogens is 302 g/mol. The standard InChI is InChI=1S/C15H25N3OS2/c1-11-10-21-14(17-11)5-3-4-8-16-15(19)18-12-6-7-13(9-12)20-2/h10,12-13H,3-9H2,1-2H3,(H2,16,18,19)/t12-,13+/m0/s1. The molecule has 6 heteroatoms. The van der Waals surface area contributed by atoms with Crippen LogP contribution >= 0.6 is 23.1 Å². The second-order valence-corrected chi connectivity index (χ2v) is 7.69. The molecule has 2 N–H and O–H groups in total. The van der Waals surface area contributed by atoms with Gasteiger partial charge in [-0.05, 0) is 51.7 Å². The lowest BCUT2D eigenvalue weighted by Crippen LogP contribution is -2.41. The number of nitrogens with zero attached hydrogens (tertiary/aromatic N) is 1. The highest BCUT2D eigenvalue weighted by Gasteiger charge is 2.24. The van der Waals surface area contributed by atoms with Crippen molar-refractivity contribution in [3.05, 3.63) is 16.1 Å². The minimum absolute atomic E-state index is 0.00755. The molecule has 0 aliphatic heterocycles. The summed E-state index contributed by atoms with van der Waals surface area (Å²) >= 11 is 3.64. The number of thiazole rings is 1. The first kappa shape index (κ1) is 16.6. The molecule has 1 aliphatic carbocycles. The number of thioether (sulfide) groups is 1. The predicted molar refractivity (Wildman–Crippen MR) is 91.3 cm³/mol. The van der Waals surface area contributed by atoms with Crippen molar-refractivity contribution >= 4 is 29.1 Å². The minimum Gasteiger partial charge on any atom is -0.338 e. The second kappa shape index (κ2) is 8.63. The highest BCUT2D eigenvalue weighted by molar-refractivity contribution is 7.99. The molecule has 2 rings (SSSR count). The van der Waals surface area contributed by atoms with Crippen molar-refractivity contribution < 1.29 is 4.79 Å². The van der Waals surface area contributed by atoms with Gasteiger partial charge < -0.3 is 10.6 Å². The maximum Gasteiger partial charge on any atom is 0.315 e. The summed E-state index contributed by atoms with van der Waals surface area (Å²) in [7, 11) is 0. The summed E-state index contributed by atoms with van der Waals surface area (Å²) in [5.74, 6) is 0. The van der Waals surface area contributed by atoms with Gasteiger partial charge >= 0.3 is 6.03 Å². The summed E-state index contributed by atoms with van der Waals surface area (Å²) in [6.45, 7) is 2.77. The van der Waals surface area contributed by atoms with Crippen molar-refractivity contribution in [3.63, 3.8) is 0 Å². The number of rotatable bonds is 7. The number of aromatic nitrogens is 1. The fraction of sp³-hybridized carbons (Fsp3) is 0.733. The normalized spacial score (nSPS) is 21.4. The number of urea groups is 1. The Balaban J connectivity index is 1.51. The number of unbranched alkanes of at least 4 members (excludes halogenated alkanes) is 1. The van der Waals surface area contributed by atoms with Crippen LogP contribution < -0.4 is 10.6 Å². The van der Waals surface area contributed by atoms with E-state index in [2.05, 4.69) is 27.3 Å². The molecule has 1 heterocycles. The quantitative estimate of drug-likeness (QED) is 0.755. The fourth-order valence-electron chi connectivity index (χ4n) is 2.64. The van der Waals surface area contributed by atoms with E-state index in [1.54, 1.807) is 11.3 Å². The Hall–Kier alpha value is -0.750. The Morgan fingerprint density at radius 2 is 2.33 bits per heavy atom. The van der Waals surface area contributed by atoms with Gasteiger partial charge in [-0.1, -0.05) is 0 Å². The van der Waals surface area contributed by atoms with Crippen molar-refractivity contribution in [3.8, 4) is 0 Å². The summed E-state index contributed by atoms with van der Waals surface area (Å²) in [6, 6.07) is 0.354. The van der Waals surface area contributed by atoms with Crippen LogP contribution in [0.5, 0.6) is 0 Å². The molecule has 0 unspecified atom stereocenters. The van der Waals surface area contributed by atoms with Gasteiger partial charge in [0.1, 0.15) is 0 Å². The van der Waals surface area contributed by atoms with Gasteiger partial charge in [-0.2, -0.15) is 11.8 Å². The van der Waals surface area contributed by atoms with E-state index in [4.69, 9.17) is 0 Å². The van der Waals surface area contributed by atoms with E-state index in [9.17, 15) is 4.79 Å². The number of amides is 2. The van der Waals surface area contributed by atoms with Crippen LogP contribution in [0.15, 0.2) is 5.38 Å². The number of hydrogen-bond acceptors (Lipinski definition) is 4. The van der Waals surface area contributed by atoms with Crippen LogP contribution in [-0.4, -0.2) is 35.1 Å². The third-order valence-electron chi connectivity index (χ3n) is 3.82. The monoisotopic (exact) mass is 327 g/mol. The molecule has 1 fully saturated rings. The van der Waals surface area contributed by atoms with Crippen molar-refractivity contribution in [1.82, 2.24) is 15.6 Å². The van der Waals surface area contributed by atoms with E-state index in [1.165, 1.54) is 11.4 Å². The maximum atomic E-state index is 11.8. The van der Waals surface area contributed by atoms with Gasteiger partial charge in [-0.25, -0.2) is 9.78 Å².